The standard InChI is InChI=1S/C20H32N6O2/c27-20-3-1-7-26(20)8-2-6-21-18-15-19(23-16-22-18)25-9-4-17(5-10-25)24-11-13-28-14-12-24/h15-17H,1-14H2,(H,21,22,23). The number of carbonyl (C=O) groups excluding carboxylic acids is 1. The van der Waals surface area contributed by atoms with Crippen LogP contribution in [0.3, 0.4) is 0 Å². The predicted molar refractivity (Wildman–Crippen MR) is 109 cm³/mol. The molecule has 154 valence electrons. The first kappa shape index (κ1) is 19.4. The third kappa shape index (κ3) is 4.91. The maximum atomic E-state index is 11.7. The van der Waals surface area contributed by atoms with E-state index in [1.165, 1.54) is 12.8 Å². The molecule has 0 aromatic carbocycles. The summed E-state index contributed by atoms with van der Waals surface area (Å²) < 4.78 is 5.47. The van der Waals surface area contributed by atoms with E-state index in [4.69, 9.17) is 4.74 Å². The monoisotopic (exact) mass is 388 g/mol. The van der Waals surface area contributed by atoms with Crippen molar-refractivity contribution >= 4 is 17.5 Å². The molecular formula is C20H32N6O2. The van der Waals surface area contributed by atoms with E-state index >= 15 is 0 Å². The van der Waals surface area contributed by atoms with Gasteiger partial charge in [-0.05, 0) is 25.7 Å². The molecule has 0 radical (unpaired) electrons. The van der Waals surface area contributed by atoms with Gasteiger partial charge in [0.1, 0.15) is 18.0 Å². The number of anilines is 2. The SMILES string of the molecule is O=C1CCCN1CCCNc1cc(N2CCC(N3CCOCC3)CC2)ncn1. The van der Waals surface area contributed by atoms with Gasteiger partial charge in [0.05, 0.1) is 13.2 Å². The van der Waals surface area contributed by atoms with Gasteiger partial charge < -0.3 is 19.9 Å². The molecule has 0 spiro atoms. The van der Waals surface area contributed by atoms with Crippen LogP contribution in [0.4, 0.5) is 11.6 Å². The number of hydrogen-bond acceptors (Lipinski definition) is 7. The van der Waals surface area contributed by atoms with Gasteiger partial charge in [-0.15, -0.1) is 0 Å². The number of amides is 1. The minimum absolute atomic E-state index is 0.296. The number of rotatable bonds is 7. The zero-order valence-corrected chi connectivity index (χ0v) is 16.7. The Morgan fingerprint density at radius 1 is 1.11 bits per heavy atom. The first-order chi connectivity index (χ1) is 13.8. The molecule has 1 N–H and O–H groups in total. The van der Waals surface area contributed by atoms with Crippen LogP contribution in [0.5, 0.6) is 0 Å². The molecule has 4 heterocycles. The molecule has 1 aromatic rings. The average molecular weight is 389 g/mol. The molecule has 0 bridgehead atoms. The van der Waals surface area contributed by atoms with Gasteiger partial charge in [-0.25, -0.2) is 9.97 Å². The lowest BCUT2D eigenvalue weighted by atomic mass is 10.0. The summed E-state index contributed by atoms with van der Waals surface area (Å²) in [5.74, 6) is 2.17. The van der Waals surface area contributed by atoms with Crippen LogP contribution in [-0.2, 0) is 9.53 Å². The Morgan fingerprint density at radius 3 is 2.68 bits per heavy atom. The molecule has 28 heavy (non-hydrogen) atoms. The normalized spacial score (nSPS) is 22.1. The Kier molecular flexibility index (Phi) is 6.59. The lowest BCUT2D eigenvalue weighted by Gasteiger charge is -2.40. The van der Waals surface area contributed by atoms with Crippen molar-refractivity contribution in [1.29, 1.82) is 0 Å². The molecule has 0 atom stereocenters. The fraction of sp³-hybridized carbons (Fsp3) is 0.750. The van der Waals surface area contributed by atoms with Crippen LogP contribution >= 0.6 is 0 Å². The number of likely N-dealkylation sites (tertiary alicyclic amines) is 1. The molecule has 3 saturated heterocycles. The third-order valence-electron chi connectivity index (χ3n) is 6.09. The molecular weight excluding hydrogens is 356 g/mol. The van der Waals surface area contributed by atoms with Gasteiger partial charge in [0, 0.05) is 64.3 Å². The van der Waals surface area contributed by atoms with Crippen LogP contribution in [0.2, 0.25) is 0 Å². The third-order valence-corrected chi connectivity index (χ3v) is 6.09. The highest BCUT2D eigenvalue weighted by Gasteiger charge is 2.26. The number of nitrogens with zero attached hydrogens (tertiary/aromatic N) is 5. The quantitative estimate of drug-likeness (QED) is 0.704. The van der Waals surface area contributed by atoms with Crippen molar-refractivity contribution in [2.24, 2.45) is 0 Å². The van der Waals surface area contributed by atoms with Crippen molar-refractivity contribution in [3.63, 3.8) is 0 Å². The zero-order chi connectivity index (χ0) is 19.2. The van der Waals surface area contributed by atoms with Gasteiger partial charge >= 0.3 is 0 Å². The number of aromatic nitrogens is 2. The maximum absolute atomic E-state index is 11.7. The highest BCUT2D eigenvalue weighted by atomic mass is 16.5. The number of hydrogen-bond donors (Lipinski definition) is 1. The van der Waals surface area contributed by atoms with E-state index in [0.29, 0.717) is 18.4 Å². The summed E-state index contributed by atoms with van der Waals surface area (Å²) in [6.07, 6.45) is 6.66. The number of ether oxygens (including phenoxy) is 1. The molecule has 3 aliphatic heterocycles. The van der Waals surface area contributed by atoms with Gasteiger partial charge in [0.2, 0.25) is 5.91 Å². The second-order valence-electron chi connectivity index (χ2n) is 7.89. The maximum Gasteiger partial charge on any atom is 0.222 e. The second kappa shape index (κ2) is 9.52. The van der Waals surface area contributed by atoms with Crippen LogP contribution in [0.1, 0.15) is 32.1 Å². The van der Waals surface area contributed by atoms with Gasteiger partial charge in [-0.3, -0.25) is 9.69 Å². The summed E-state index contributed by atoms with van der Waals surface area (Å²) >= 11 is 0. The zero-order valence-electron chi connectivity index (χ0n) is 16.7. The second-order valence-corrected chi connectivity index (χ2v) is 7.89. The summed E-state index contributed by atoms with van der Waals surface area (Å²) in [5, 5.41) is 3.39. The average Bonchev–Trinajstić information content (AvgIpc) is 3.17. The fourth-order valence-electron chi connectivity index (χ4n) is 4.45. The highest BCUT2D eigenvalue weighted by Crippen LogP contribution is 2.23. The van der Waals surface area contributed by atoms with Crippen LogP contribution in [-0.4, -0.2) is 90.7 Å². The van der Waals surface area contributed by atoms with Crippen molar-refractivity contribution in [2.45, 2.75) is 38.1 Å². The van der Waals surface area contributed by atoms with E-state index in [1.807, 2.05) is 4.90 Å². The summed E-state index contributed by atoms with van der Waals surface area (Å²) in [5.41, 5.74) is 0. The van der Waals surface area contributed by atoms with Crippen molar-refractivity contribution in [1.82, 2.24) is 19.8 Å². The summed E-state index contributed by atoms with van der Waals surface area (Å²) in [7, 11) is 0. The highest BCUT2D eigenvalue weighted by molar-refractivity contribution is 5.78. The Bertz CT molecular complexity index is 643. The van der Waals surface area contributed by atoms with Crippen molar-refractivity contribution in [2.75, 3.05) is 69.2 Å². The summed E-state index contributed by atoms with van der Waals surface area (Å²) in [6.45, 7) is 8.50. The number of piperidine rings is 1. The van der Waals surface area contributed by atoms with Crippen molar-refractivity contribution in [3.05, 3.63) is 12.4 Å². The minimum Gasteiger partial charge on any atom is -0.379 e. The van der Waals surface area contributed by atoms with E-state index < -0.39 is 0 Å². The topological polar surface area (TPSA) is 73.8 Å². The molecule has 0 unspecified atom stereocenters. The molecule has 4 rings (SSSR count). The van der Waals surface area contributed by atoms with Crippen molar-refractivity contribution < 1.29 is 9.53 Å². The fourth-order valence-corrected chi connectivity index (χ4v) is 4.45. The lowest BCUT2D eigenvalue weighted by molar-refractivity contribution is -0.127. The summed E-state index contributed by atoms with van der Waals surface area (Å²) in [4.78, 5) is 27.4. The number of morpholine rings is 1. The molecule has 0 saturated carbocycles. The number of carbonyl (C=O) groups is 1. The van der Waals surface area contributed by atoms with E-state index in [1.54, 1.807) is 6.33 Å². The Hall–Kier alpha value is -1.93. The van der Waals surface area contributed by atoms with E-state index in [2.05, 4.69) is 31.2 Å². The molecule has 3 aliphatic rings. The van der Waals surface area contributed by atoms with Crippen LogP contribution in [0.15, 0.2) is 12.4 Å². The molecule has 3 fully saturated rings. The molecule has 1 aromatic heterocycles. The van der Waals surface area contributed by atoms with Crippen LogP contribution in [0.25, 0.3) is 0 Å². The van der Waals surface area contributed by atoms with Crippen LogP contribution < -0.4 is 10.2 Å². The van der Waals surface area contributed by atoms with Crippen LogP contribution in [0, 0.1) is 0 Å². The summed E-state index contributed by atoms with van der Waals surface area (Å²) in [6, 6.07) is 2.73. The smallest absolute Gasteiger partial charge is 0.222 e. The molecule has 8 heteroatoms. The van der Waals surface area contributed by atoms with Gasteiger partial charge in [-0.2, -0.15) is 0 Å². The first-order valence-corrected chi connectivity index (χ1v) is 10.7. The van der Waals surface area contributed by atoms with E-state index in [0.717, 1.165) is 83.5 Å². The minimum atomic E-state index is 0.296. The molecule has 1 amide bonds. The first-order valence-electron chi connectivity index (χ1n) is 10.7. The van der Waals surface area contributed by atoms with E-state index in [9.17, 15) is 4.79 Å². The lowest BCUT2D eigenvalue weighted by Crippen LogP contribution is -2.49. The molecule has 0 aliphatic carbocycles. The van der Waals surface area contributed by atoms with E-state index in [-0.39, 0.29) is 0 Å². The van der Waals surface area contributed by atoms with Gasteiger partial charge in [-0.1, -0.05) is 0 Å². The predicted octanol–water partition coefficient (Wildman–Crippen LogP) is 1.20. The largest absolute Gasteiger partial charge is 0.379 e. The Balaban J connectivity index is 1.22. The number of nitrogens with one attached hydrogen (secondary N) is 1. The molecule has 8 nitrogen and oxygen atoms in total. The Labute approximate surface area is 167 Å². The Morgan fingerprint density at radius 2 is 1.93 bits per heavy atom. The van der Waals surface area contributed by atoms with Gasteiger partial charge in [0.25, 0.3) is 0 Å². The van der Waals surface area contributed by atoms with Crippen molar-refractivity contribution in [3.8, 4) is 0 Å². The van der Waals surface area contributed by atoms with Gasteiger partial charge in [0.15, 0.2) is 0 Å².